The lowest BCUT2D eigenvalue weighted by atomic mass is 9.91. The van der Waals surface area contributed by atoms with Gasteiger partial charge in [0.2, 0.25) is 11.0 Å². The van der Waals surface area contributed by atoms with Crippen LogP contribution in [0.3, 0.4) is 0 Å². The van der Waals surface area contributed by atoms with Gasteiger partial charge in [-0.15, -0.1) is 0 Å². The van der Waals surface area contributed by atoms with Gasteiger partial charge in [0, 0.05) is 37.0 Å². The lowest BCUT2D eigenvalue weighted by molar-refractivity contribution is 0.0994. The molecule has 2 aliphatic rings. The molecule has 5 heterocycles. The van der Waals surface area contributed by atoms with Crippen molar-refractivity contribution in [2.75, 3.05) is 36.5 Å². The molecule has 0 bridgehead atoms. The summed E-state index contributed by atoms with van der Waals surface area (Å²) < 4.78 is 21.8. The highest BCUT2D eigenvalue weighted by atomic mass is 32.1. The van der Waals surface area contributed by atoms with Gasteiger partial charge in [0.25, 0.3) is 5.91 Å². The second kappa shape index (κ2) is 10.8. The predicted molar refractivity (Wildman–Crippen MR) is 148 cm³/mol. The van der Waals surface area contributed by atoms with Gasteiger partial charge in [-0.05, 0) is 41.6 Å². The molecule has 1 saturated heterocycles. The molecule has 1 amide bonds. The van der Waals surface area contributed by atoms with Gasteiger partial charge in [-0.1, -0.05) is 12.8 Å². The van der Waals surface area contributed by atoms with Gasteiger partial charge in [-0.3, -0.25) is 9.59 Å². The summed E-state index contributed by atoms with van der Waals surface area (Å²) in [6.45, 7) is 2.38. The van der Waals surface area contributed by atoms with Crippen LogP contribution in [0.25, 0.3) is 22.4 Å². The van der Waals surface area contributed by atoms with E-state index in [4.69, 9.17) is 25.0 Å². The van der Waals surface area contributed by atoms with Crippen molar-refractivity contribution in [1.82, 2.24) is 9.36 Å². The molecule has 4 aromatic rings. The van der Waals surface area contributed by atoms with Crippen LogP contribution in [0.5, 0.6) is 0 Å². The molecule has 0 unspecified atom stereocenters. The number of hydrogen-bond acceptors (Lipinski definition) is 11. The minimum absolute atomic E-state index is 0.0667. The number of aromatic nitrogens is 2. The fourth-order valence-corrected chi connectivity index (χ4v) is 6.04. The number of fused-ring (bicyclic) bond motifs is 1. The summed E-state index contributed by atoms with van der Waals surface area (Å²) in [6, 6.07) is 3.56. The van der Waals surface area contributed by atoms with Crippen LogP contribution in [-0.4, -0.2) is 53.7 Å². The molecule has 5 N–H and O–H groups in total. The van der Waals surface area contributed by atoms with Crippen LogP contribution >= 0.6 is 11.5 Å². The number of nitrogens with zero attached hydrogens (tertiary/aromatic N) is 3. The van der Waals surface area contributed by atoms with Gasteiger partial charge >= 0.3 is 0 Å². The zero-order chi connectivity index (χ0) is 26.9. The summed E-state index contributed by atoms with van der Waals surface area (Å²) in [5, 5.41) is 5.40. The van der Waals surface area contributed by atoms with Gasteiger partial charge in [0.1, 0.15) is 12.0 Å². The molecule has 39 heavy (non-hydrogen) atoms. The largest absolute Gasteiger partial charge is 0.456 e. The Bertz CT molecular complexity index is 1560. The molecular weight excluding hydrogens is 520 g/mol. The third-order valence-electron chi connectivity index (χ3n) is 7.40. The van der Waals surface area contributed by atoms with Crippen LogP contribution in [0.15, 0.2) is 43.6 Å². The molecule has 12 heteroatoms. The number of hydrogen-bond donors (Lipinski definition) is 3. The monoisotopic (exact) mass is 550 g/mol. The van der Waals surface area contributed by atoms with Crippen LogP contribution in [-0.2, 0) is 11.2 Å². The normalized spacial score (nSPS) is 19.9. The molecule has 1 saturated carbocycles. The average molecular weight is 551 g/mol. The summed E-state index contributed by atoms with van der Waals surface area (Å²) in [5.74, 6) is -0.138. The standard InChI is InChI=1S/C27H30N6O5S/c28-19-3-1-2-4-20(19)31-17-10-15(24(27(29)35)30-12-17)9-16-14-39-32-23(16)18-13-37-26-21(34)11-22(38-25(18)26)33-5-7-36-8-6-33/h10-14,19-20,31H,1-9,28H2,(H2,29,35)/t19-,20+/m1/s1. The summed E-state index contributed by atoms with van der Waals surface area (Å²) in [7, 11) is 0. The predicted octanol–water partition coefficient (Wildman–Crippen LogP) is 3.11. The molecule has 6 rings (SSSR count). The number of morpholine rings is 1. The molecule has 204 valence electrons. The van der Waals surface area contributed by atoms with E-state index in [9.17, 15) is 9.59 Å². The van der Waals surface area contributed by atoms with E-state index in [0.29, 0.717) is 61.0 Å². The van der Waals surface area contributed by atoms with Crippen LogP contribution in [0.2, 0.25) is 0 Å². The fraction of sp³-hybridized carbons (Fsp3) is 0.407. The molecule has 2 atom stereocenters. The summed E-state index contributed by atoms with van der Waals surface area (Å²) in [4.78, 5) is 31.4. The number of nitrogens with one attached hydrogen (secondary N) is 1. The number of nitrogens with two attached hydrogens (primary N) is 2. The zero-order valence-corrected chi connectivity index (χ0v) is 22.2. The van der Waals surface area contributed by atoms with Gasteiger partial charge < -0.3 is 35.3 Å². The maximum atomic E-state index is 12.8. The first-order valence-corrected chi connectivity index (χ1v) is 13.9. The highest BCUT2D eigenvalue weighted by molar-refractivity contribution is 7.04. The molecule has 0 aromatic carbocycles. The van der Waals surface area contributed by atoms with Crippen molar-refractivity contribution < 1.29 is 18.4 Å². The Labute approximate surface area is 228 Å². The van der Waals surface area contributed by atoms with Gasteiger partial charge in [0.15, 0.2) is 11.5 Å². The van der Waals surface area contributed by atoms with Crippen LogP contribution in [0, 0.1) is 0 Å². The van der Waals surface area contributed by atoms with E-state index < -0.39 is 5.91 Å². The Morgan fingerprint density at radius 3 is 2.77 bits per heavy atom. The average Bonchev–Trinajstić information content (AvgIpc) is 3.57. The zero-order valence-electron chi connectivity index (χ0n) is 21.4. The topological polar surface area (TPSA) is 163 Å². The third kappa shape index (κ3) is 5.14. The summed E-state index contributed by atoms with van der Waals surface area (Å²) in [5.41, 5.74) is 15.9. The van der Waals surface area contributed by atoms with E-state index in [-0.39, 0.29) is 28.8 Å². The Morgan fingerprint density at radius 1 is 1.15 bits per heavy atom. The van der Waals surface area contributed by atoms with E-state index in [1.165, 1.54) is 23.9 Å². The summed E-state index contributed by atoms with van der Waals surface area (Å²) in [6.07, 6.45) is 7.69. The summed E-state index contributed by atoms with van der Waals surface area (Å²) >= 11 is 1.27. The SMILES string of the molecule is NC(=O)c1ncc(N[C@H]2CCCC[C@H]2N)cc1Cc1csnc1-c1coc2c(=O)cc(N3CCOCC3)oc12. The van der Waals surface area contributed by atoms with E-state index in [0.717, 1.165) is 36.9 Å². The Hall–Kier alpha value is -3.74. The fourth-order valence-electron chi connectivity index (χ4n) is 5.34. The molecule has 4 aromatic heterocycles. The van der Waals surface area contributed by atoms with Crippen molar-refractivity contribution >= 4 is 40.2 Å². The molecule has 1 aliphatic heterocycles. The number of carbonyl (C=O) groups is 1. The van der Waals surface area contributed by atoms with Gasteiger partial charge in [-0.25, -0.2) is 4.98 Å². The first-order chi connectivity index (χ1) is 19.0. The number of carbonyl (C=O) groups excluding carboxylic acids is 1. The molecule has 0 spiro atoms. The van der Waals surface area contributed by atoms with Crippen molar-refractivity contribution in [2.45, 2.75) is 44.2 Å². The van der Waals surface area contributed by atoms with Crippen LogP contribution in [0.4, 0.5) is 11.6 Å². The molecule has 1 aliphatic carbocycles. The third-order valence-corrected chi connectivity index (χ3v) is 8.08. The number of primary amides is 1. The molecule has 0 radical (unpaired) electrons. The van der Waals surface area contributed by atoms with E-state index >= 15 is 0 Å². The highest BCUT2D eigenvalue weighted by Crippen LogP contribution is 2.35. The maximum absolute atomic E-state index is 12.8. The van der Waals surface area contributed by atoms with Crippen molar-refractivity contribution in [2.24, 2.45) is 11.5 Å². The van der Waals surface area contributed by atoms with Crippen LogP contribution < -0.4 is 27.1 Å². The highest BCUT2D eigenvalue weighted by Gasteiger charge is 2.25. The van der Waals surface area contributed by atoms with E-state index in [1.54, 1.807) is 6.20 Å². The van der Waals surface area contributed by atoms with Crippen molar-refractivity contribution in [3.8, 4) is 11.3 Å². The first kappa shape index (κ1) is 25.5. The second-order valence-electron chi connectivity index (χ2n) is 10.0. The number of amides is 1. The molecule has 11 nitrogen and oxygen atoms in total. The second-order valence-corrected chi connectivity index (χ2v) is 10.6. The number of ether oxygens (including phenoxy) is 1. The Balaban J connectivity index is 1.34. The van der Waals surface area contributed by atoms with Crippen molar-refractivity contribution in [3.05, 3.63) is 57.0 Å². The quantitative estimate of drug-likeness (QED) is 0.312. The van der Waals surface area contributed by atoms with Gasteiger partial charge in [-0.2, -0.15) is 4.37 Å². The molecule has 2 fully saturated rings. The van der Waals surface area contributed by atoms with Crippen molar-refractivity contribution in [3.63, 3.8) is 0 Å². The number of pyridine rings is 1. The maximum Gasteiger partial charge on any atom is 0.267 e. The Kier molecular flexibility index (Phi) is 7.07. The minimum atomic E-state index is -0.606. The lowest BCUT2D eigenvalue weighted by Crippen LogP contribution is -2.42. The molecular formula is C27H30N6O5S. The minimum Gasteiger partial charge on any atom is -0.456 e. The number of rotatable bonds is 7. The lowest BCUT2D eigenvalue weighted by Gasteiger charge is -2.30. The van der Waals surface area contributed by atoms with Gasteiger partial charge in [0.05, 0.1) is 42.4 Å². The van der Waals surface area contributed by atoms with E-state index in [2.05, 4.69) is 14.7 Å². The number of furan rings is 1. The van der Waals surface area contributed by atoms with E-state index in [1.807, 2.05) is 16.3 Å². The van der Waals surface area contributed by atoms with Crippen LogP contribution in [0.1, 0.15) is 47.3 Å². The Morgan fingerprint density at radius 2 is 1.97 bits per heavy atom. The van der Waals surface area contributed by atoms with Crippen molar-refractivity contribution in [1.29, 1.82) is 0 Å². The first-order valence-electron chi connectivity index (χ1n) is 13.1. The number of anilines is 2. The smallest absolute Gasteiger partial charge is 0.267 e.